The molecule has 55 heavy (non-hydrogen) atoms. The Hall–Kier alpha value is -3.77. The third kappa shape index (κ3) is 12.9. The predicted molar refractivity (Wildman–Crippen MR) is 203 cm³/mol. The van der Waals surface area contributed by atoms with E-state index in [0.29, 0.717) is 19.3 Å². The summed E-state index contributed by atoms with van der Waals surface area (Å²) in [5.74, 6) is -4.80. The number of Topliss-reactive ketones (excluding diaryl/α,β-unsaturated/α-hetero) is 1. The number of likely N-dealkylation sites (N-methyl/N-ethyl adjacent to an activating group) is 1. The number of carbonyl (C=O) groups excluding carboxylic acids is 5. The van der Waals surface area contributed by atoms with Crippen molar-refractivity contribution in [1.29, 1.82) is 0 Å². The molecule has 1 saturated carbocycles. The fourth-order valence-corrected chi connectivity index (χ4v) is 9.28. The second kappa shape index (κ2) is 19.4. The second-order valence-electron chi connectivity index (χ2n) is 15.5. The van der Waals surface area contributed by atoms with Crippen LogP contribution in [0.2, 0.25) is 0 Å². The zero-order chi connectivity index (χ0) is 41.3. The predicted octanol–water partition coefficient (Wildman–Crippen LogP) is 4.52. The number of nitrogens with zero attached hydrogens (tertiary/aromatic N) is 2. The van der Waals surface area contributed by atoms with Gasteiger partial charge in [0.1, 0.15) is 16.3 Å². The van der Waals surface area contributed by atoms with Gasteiger partial charge in [-0.05, 0) is 62.3 Å². The van der Waals surface area contributed by atoms with E-state index in [-0.39, 0.29) is 29.8 Å². The van der Waals surface area contributed by atoms with Crippen LogP contribution in [0.4, 0.5) is 18.0 Å². The molecule has 5 amide bonds. The number of alkyl halides is 3. The normalized spacial score (nSPS) is 19.6. The molecule has 2 fully saturated rings. The maximum atomic E-state index is 14.5. The van der Waals surface area contributed by atoms with Gasteiger partial charge in [0.15, 0.2) is 0 Å². The first-order chi connectivity index (χ1) is 25.6. The number of allylic oxidation sites excluding steroid dienone is 1. The largest absolute Gasteiger partial charge is 0.389 e. The van der Waals surface area contributed by atoms with Crippen molar-refractivity contribution in [3.63, 3.8) is 0 Å². The van der Waals surface area contributed by atoms with Gasteiger partial charge in [0.05, 0.1) is 6.04 Å². The number of halogens is 3. The van der Waals surface area contributed by atoms with Gasteiger partial charge in [-0.2, -0.15) is 17.5 Å². The van der Waals surface area contributed by atoms with Crippen LogP contribution in [0.1, 0.15) is 79.6 Å². The number of ketones is 1. The molecule has 4 N–H and O–H groups in total. The van der Waals surface area contributed by atoms with Crippen LogP contribution >= 0.6 is 11.3 Å². The van der Waals surface area contributed by atoms with Crippen LogP contribution in [0, 0.1) is 17.3 Å². The van der Waals surface area contributed by atoms with Crippen LogP contribution in [-0.2, 0) is 29.2 Å². The summed E-state index contributed by atoms with van der Waals surface area (Å²) < 4.78 is 67.6. The minimum atomic E-state index is -4.68. The topological polar surface area (TPSA) is 174 Å². The number of thiophene rings is 1. The molecule has 1 unspecified atom stereocenters. The third-order valence-corrected chi connectivity index (χ3v) is 13.1. The lowest BCUT2D eigenvalue weighted by atomic mass is 9.86. The number of amides is 5. The zero-order valence-electron chi connectivity index (χ0n) is 32.3. The van der Waals surface area contributed by atoms with Gasteiger partial charge in [-0.15, -0.1) is 17.9 Å². The van der Waals surface area contributed by atoms with E-state index in [9.17, 15) is 45.6 Å². The van der Waals surface area contributed by atoms with E-state index in [0.717, 1.165) is 29.8 Å². The monoisotopic (exact) mass is 816 g/mol. The minimum absolute atomic E-state index is 0.0716. The molecule has 13 nitrogen and oxygen atoms in total. The lowest BCUT2D eigenvalue weighted by Crippen LogP contribution is -2.61. The molecule has 2 aliphatic rings. The SMILES string of the molecule is C=CCNC(=O)C(=O)C(CCC(F)(F)F)NC(=O)[C@@H]1[C@@H](C=C(C)C)CCN1C(=O)[C@@H](NC(=O)N[C@H](CN(C)S(=O)(=O)c1cccs1)C(C)(C)C)C1CCCC1. The second-order valence-corrected chi connectivity index (χ2v) is 18.7. The van der Waals surface area contributed by atoms with Crippen LogP contribution in [0.25, 0.3) is 0 Å². The Morgan fingerprint density at radius 2 is 1.71 bits per heavy atom. The molecule has 3 rings (SSSR count). The number of carbonyl (C=O) groups is 5. The first kappa shape index (κ1) is 45.6. The number of nitrogens with one attached hydrogen (secondary N) is 4. The summed E-state index contributed by atoms with van der Waals surface area (Å²) in [6.45, 7) is 12.4. The Kier molecular flexibility index (Phi) is 16.1. The third-order valence-electron chi connectivity index (χ3n) is 9.90. The highest BCUT2D eigenvalue weighted by Crippen LogP contribution is 2.33. The Bertz CT molecular complexity index is 1670. The number of rotatable bonds is 17. The molecule has 1 aromatic heterocycles. The fourth-order valence-electron chi connectivity index (χ4n) is 6.89. The molecule has 0 radical (unpaired) electrons. The van der Waals surface area contributed by atoms with Gasteiger partial charge in [-0.3, -0.25) is 19.2 Å². The fraction of sp³-hybridized carbons (Fsp3) is 0.649. The first-order valence-corrected chi connectivity index (χ1v) is 20.7. The Morgan fingerprint density at radius 3 is 2.25 bits per heavy atom. The summed E-state index contributed by atoms with van der Waals surface area (Å²) in [4.78, 5) is 69.2. The number of urea groups is 1. The lowest BCUT2D eigenvalue weighted by molar-refractivity contribution is -0.147. The highest BCUT2D eigenvalue weighted by Gasteiger charge is 2.46. The van der Waals surface area contributed by atoms with Gasteiger partial charge in [0.25, 0.3) is 15.9 Å². The summed E-state index contributed by atoms with van der Waals surface area (Å²) in [7, 11) is -2.41. The molecular weight excluding hydrogens is 762 g/mol. The van der Waals surface area contributed by atoms with Crippen molar-refractivity contribution in [2.75, 3.05) is 26.7 Å². The van der Waals surface area contributed by atoms with Crippen molar-refractivity contribution >= 4 is 50.9 Å². The van der Waals surface area contributed by atoms with Crippen LogP contribution < -0.4 is 21.3 Å². The Morgan fingerprint density at radius 1 is 1.05 bits per heavy atom. The van der Waals surface area contributed by atoms with Gasteiger partial charge >= 0.3 is 12.2 Å². The summed E-state index contributed by atoms with van der Waals surface area (Å²) in [5, 5.41) is 12.0. The molecule has 0 aromatic carbocycles. The van der Waals surface area contributed by atoms with Gasteiger partial charge in [0, 0.05) is 45.1 Å². The van der Waals surface area contributed by atoms with E-state index in [1.54, 1.807) is 31.4 Å². The number of hydrogen-bond donors (Lipinski definition) is 4. The van der Waals surface area contributed by atoms with E-state index < -0.39 is 94.1 Å². The number of sulfonamides is 1. The quantitative estimate of drug-likeness (QED) is 0.132. The van der Waals surface area contributed by atoms with E-state index >= 15 is 0 Å². The average molecular weight is 817 g/mol. The van der Waals surface area contributed by atoms with E-state index in [1.807, 2.05) is 20.8 Å². The smallest absolute Gasteiger partial charge is 0.346 e. The van der Waals surface area contributed by atoms with Crippen molar-refractivity contribution in [1.82, 2.24) is 30.5 Å². The van der Waals surface area contributed by atoms with E-state index in [4.69, 9.17) is 0 Å². The molecule has 1 aliphatic carbocycles. The highest BCUT2D eigenvalue weighted by molar-refractivity contribution is 7.91. The van der Waals surface area contributed by atoms with Crippen molar-refractivity contribution in [3.8, 4) is 0 Å². The summed E-state index contributed by atoms with van der Waals surface area (Å²) in [6, 6.07) is -2.46. The standard InChI is InChI=1S/C37H55F3N6O7S2/c1-8-18-41-33(49)31(47)26(15-17-37(38,39)40)42-32(48)30-25(21-23(2)3)16-19-46(30)34(50)29(24-12-9-10-13-24)44-35(51)43-27(36(4,5)6)22-45(7)55(52,53)28-14-11-20-54-28/h8,11,14,20-21,24-27,29-30H,1,9-10,12-13,15-19,22H2,2-7H3,(H,41,49)(H,42,48)(H2,43,44,51)/t25-,26?,27-,29+,30+/m1/s1. The van der Waals surface area contributed by atoms with Crippen molar-refractivity contribution in [2.24, 2.45) is 17.3 Å². The zero-order valence-corrected chi connectivity index (χ0v) is 34.0. The Balaban J connectivity index is 1.90. The molecule has 1 aromatic rings. The molecule has 308 valence electrons. The average Bonchev–Trinajstić information content (AvgIpc) is 3.89. The maximum absolute atomic E-state index is 14.5. The van der Waals surface area contributed by atoms with Crippen LogP contribution in [0.5, 0.6) is 0 Å². The maximum Gasteiger partial charge on any atom is 0.389 e. The van der Waals surface area contributed by atoms with E-state index in [2.05, 4.69) is 27.8 Å². The Labute approximate surface area is 326 Å². The minimum Gasteiger partial charge on any atom is -0.346 e. The van der Waals surface area contributed by atoms with Gasteiger partial charge in [0.2, 0.25) is 17.6 Å². The summed E-state index contributed by atoms with van der Waals surface area (Å²) in [5.41, 5.74) is 0.191. The number of likely N-dealkylation sites (tertiary alicyclic amines) is 1. The van der Waals surface area contributed by atoms with Crippen molar-refractivity contribution in [2.45, 2.75) is 114 Å². The lowest BCUT2D eigenvalue weighted by Gasteiger charge is -2.36. The molecule has 0 spiro atoms. The summed E-state index contributed by atoms with van der Waals surface area (Å²) in [6.07, 6.45) is -0.823. The van der Waals surface area contributed by atoms with Gasteiger partial charge < -0.3 is 26.2 Å². The van der Waals surface area contributed by atoms with Crippen LogP contribution in [0.15, 0.2) is 46.0 Å². The highest BCUT2D eigenvalue weighted by atomic mass is 32.2. The molecular formula is C37H55F3N6O7S2. The van der Waals surface area contributed by atoms with Crippen LogP contribution in [-0.4, -0.2) is 104 Å². The van der Waals surface area contributed by atoms with Crippen molar-refractivity contribution < 1.29 is 45.6 Å². The van der Waals surface area contributed by atoms with Crippen LogP contribution in [0.3, 0.4) is 0 Å². The molecule has 0 bridgehead atoms. The van der Waals surface area contributed by atoms with E-state index in [1.165, 1.54) is 28.4 Å². The molecule has 2 heterocycles. The molecule has 1 aliphatic heterocycles. The molecule has 5 atom stereocenters. The molecule has 1 saturated heterocycles. The molecule has 18 heteroatoms. The van der Waals surface area contributed by atoms with Gasteiger partial charge in [-0.25, -0.2) is 13.2 Å². The van der Waals surface area contributed by atoms with Crippen molar-refractivity contribution in [3.05, 3.63) is 41.8 Å². The summed E-state index contributed by atoms with van der Waals surface area (Å²) >= 11 is 1.07. The number of hydrogen-bond acceptors (Lipinski definition) is 8. The first-order valence-electron chi connectivity index (χ1n) is 18.4. The van der Waals surface area contributed by atoms with Gasteiger partial charge in [-0.1, -0.05) is 57.4 Å².